The Morgan fingerprint density at radius 2 is 1.68 bits per heavy atom. The Balaban J connectivity index is 1.76. The number of rotatable bonds is 24. The number of unbranched alkanes of at least 4 members (excludes halogenated alkanes) is 3. The number of hydrogen-bond donors (Lipinski definition) is 7. The third-order valence-corrected chi connectivity index (χ3v) is 11.1. The predicted molar refractivity (Wildman–Crippen MR) is 237 cm³/mol. The van der Waals surface area contributed by atoms with E-state index in [0.717, 1.165) is 42.3 Å². The van der Waals surface area contributed by atoms with E-state index in [9.17, 15) is 29.0 Å². The number of nitrogens with zero attached hydrogens (tertiary/aromatic N) is 2. The second kappa shape index (κ2) is 23.4. The van der Waals surface area contributed by atoms with E-state index in [1.807, 2.05) is 35.0 Å². The third kappa shape index (κ3) is 14.5. The summed E-state index contributed by atoms with van der Waals surface area (Å²) in [5.41, 5.74) is 18.6. The highest BCUT2D eigenvalue weighted by atomic mass is 19.1. The molecule has 4 rings (SSSR count). The number of nitrogens with two attached hydrogens (primary N) is 3. The molecule has 16 nitrogen and oxygen atoms in total. The Morgan fingerprint density at radius 3 is 2.35 bits per heavy atom. The molecule has 0 aliphatic carbocycles. The molecular formula is C46H70FN7O9. The van der Waals surface area contributed by atoms with Crippen LogP contribution >= 0.6 is 0 Å². The average Bonchev–Trinajstić information content (AvgIpc) is 3.79. The van der Waals surface area contributed by atoms with Gasteiger partial charge in [-0.3, -0.25) is 19.7 Å². The minimum atomic E-state index is -1.73. The van der Waals surface area contributed by atoms with Gasteiger partial charge in [0.05, 0.1) is 24.9 Å². The molecule has 0 radical (unpaired) electrons. The number of aryl methyl sites for hydroxylation is 1. The smallest absolute Gasteiger partial charge is 0.332 e. The Kier molecular flexibility index (Phi) is 19.0. The van der Waals surface area contributed by atoms with Gasteiger partial charge >= 0.3 is 11.9 Å². The lowest BCUT2D eigenvalue weighted by molar-refractivity contribution is -0.166. The minimum Gasteiger partial charge on any atom is -0.462 e. The first-order valence-electron chi connectivity index (χ1n) is 22.0. The molecule has 1 fully saturated rings. The molecule has 2 aromatic carbocycles. The fraction of sp³-hybridized carbons (Fsp3) is 0.609. The van der Waals surface area contributed by atoms with Gasteiger partial charge in [0.2, 0.25) is 11.8 Å². The van der Waals surface area contributed by atoms with Crippen LogP contribution in [0.15, 0.2) is 48.7 Å². The summed E-state index contributed by atoms with van der Waals surface area (Å²) < 4.78 is 33.7. The summed E-state index contributed by atoms with van der Waals surface area (Å²) in [6.07, 6.45) is 2.42. The molecule has 350 valence electrons. The molecule has 2 heterocycles. The SMILES string of the molecule is CC(C)OC(=O)[C@@H](NC(O)C1(COCC(=O)OC(C)(C)C)CCCN1C(=O)[C@H](Cc1cn(CCCCCCN)c2ccc(F)cc12)NC(=O)[C@@H](N)Cc1cccc(CN)c1)[C@@H](C)O. The zero-order valence-corrected chi connectivity index (χ0v) is 37.7. The second-order valence-corrected chi connectivity index (χ2v) is 17.9. The van der Waals surface area contributed by atoms with Gasteiger partial charge in [-0.05, 0) is 115 Å². The summed E-state index contributed by atoms with van der Waals surface area (Å²) in [6.45, 7) is 10.4. The predicted octanol–water partition coefficient (Wildman–Crippen LogP) is 2.68. The highest BCUT2D eigenvalue weighted by Gasteiger charge is 2.52. The standard InChI is InChI=1S/C46H70FN7O9/c1-29(2)62-43(59)40(30(3)55)52-44(60)46(28-61-27-39(56)63-45(4,5)6)17-12-20-54(46)42(58)37(51-41(57)36(50)22-31-13-11-14-32(21-31)25-49)23-33-26-53(19-10-8-7-9-18-48)38-16-15-34(47)24-35(33)38/h11,13-16,21,24,26,29-30,36-37,40,44,52,55,60H,7-10,12,17-20,22-23,25,27-28,48-50H2,1-6H3,(H,51,57)/t30-,36+,37+,40+,44?,46?/m1/s1. The maximum atomic E-state index is 15.3. The van der Waals surface area contributed by atoms with Gasteiger partial charge < -0.3 is 56.4 Å². The van der Waals surface area contributed by atoms with Crippen molar-refractivity contribution >= 4 is 34.7 Å². The van der Waals surface area contributed by atoms with Gasteiger partial charge in [0.15, 0.2) is 0 Å². The lowest BCUT2D eigenvalue weighted by Crippen LogP contribution is -2.68. The van der Waals surface area contributed by atoms with Gasteiger partial charge in [-0.15, -0.1) is 0 Å². The van der Waals surface area contributed by atoms with E-state index >= 15 is 4.79 Å². The molecule has 1 aromatic heterocycles. The van der Waals surface area contributed by atoms with Crippen LogP contribution in [0.25, 0.3) is 10.9 Å². The molecule has 1 saturated heterocycles. The molecule has 17 heteroatoms. The van der Waals surface area contributed by atoms with Crippen LogP contribution in [-0.2, 0) is 59.3 Å². The molecule has 0 saturated carbocycles. The lowest BCUT2D eigenvalue weighted by atomic mass is 9.92. The van der Waals surface area contributed by atoms with Crippen LogP contribution in [0.5, 0.6) is 0 Å². The first kappa shape index (κ1) is 51.1. The van der Waals surface area contributed by atoms with Crippen LogP contribution < -0.4 is 27.8 Å². The van der Waals surface area contributed by atoms with Gasteiger partial charge in [0.1, 0.15) is 41.9 Å². The summed E-state index contributed by atoms with van der Waals surface area (Å²) in [5, 5.41) is 29.1. The number of hydrogen-bond acceptors (Lipinski definition) is 13. The van der Waals surface area contributed by atoms with Crippen molar-refractivity contribution in [3.05, 3.63) is 71.2 Å². The van der Waals surface area contributed by atoms with Crippen LogP contribution in [0.1, 0.15) is 96.8 Å². The molecule has 1 aliphatic rings. The lowest BCUT2D eigenvalue weighted by Gasteiger charge is -2.44. The van der Waals surface area contributed by atoms with Gasteiger partial charge in [-0.1, -0.05) is 37.1 Å². The Hall–Kier alpha value is -4.49. The molecule has 3 aromatic rings. The van der Waals surface area contributed by atoms with Crippen LogP contribution in [0.4, 0.5) is 4.39 Å². The number of aliphatic hydroxyl groups excluding tert-OH is 2. The first-order valence-corrected chi connectivity index (χ1v) is 22.0. The number of carbonyl (C=O) groups is 4. The number of aromatic nitrogens is 1. The molecule has 63 heavy (non-hydrogen) atoms. The van der Waals surface area contributed by atoms with Crippen molar-refractivity contribution in [2.45, 2.75) is 154 Å². The van der Waals surface area contributed by atoms with Crippen molar-refractivity contribution in [1.29, 1.82) is 0 Å². The molecule has 2 amide bonds. The number of nitrogens with one attached hydrogen (secondary N) is 2. The number of ether oxygens (including phenoxy) is 3. The zero-order valence-electron chi connectivity index (χ0n) is 37.7. The maximum absolute atomic E-state index is 15.3. The van der Waals surface area contributed by atoms with E-state index in [0.29, 0.717) is 37.0 Å². The number of carbonyl (C=O) groups excluding carboxylic acids is 4. The molecular weight excluding hydrogens is 814 g/mol. The average molecular weight is 884 g/mol. The van der Waals surface area contributed by atoms with Gasteiger partial charge in [-0.25, -0.2) is 9.18 Å². The molecule has 0 spiro atoms. The largest absolute Gasteiger partial charge is 0.462 e. The summed E-state index contributed by atoms with van der Waals surface area (Å²) in [7, 11) is 0. The quantitative estimate of drug-likeness (QED) is 0.0389. The van der Waals surface area contributed by atoms with Crippen LogP contribution in [0.3, 0.4) is 0 Å². The van der Waals surface area contributed by atoms with Crippen molar-refractivity contribution < 1.29 is 48.0 Å². The number of fused-ring (bicyclic) bond motifs is 1. The monoisotopic (exact) mass is 884 g/mol. The number of benzene rings is 2. The number of amides is 2. The van der Waals surface area contributed by atoms with E-state index < -0.39 is 90.5 Å². The minimum absolute atomic E-state index is 0.0760. The Bertz CT molecular complexity index is 1990. The fourth-order valence-corrected chi connectivity index (χ4v) is 8.05. The second-order valence-electron chi connectivity index (χ2n) is 17.9. The number of aliphatic hydroxyl groups is 2. The fourth-order valence-electron chi connectivity index (χ4n) is 8.05. The van der Waals surface area contributed by atoms with Crippen LogP contribution in [0, 0.1) is 5.82 Å². The Labute approximate surface area is 370 Å². The summed E-state index contributed by atoms with van der Waals surface area (Å²) >= 11 is 0. The molecule has 1 aliphatic heterocycles. The molecule has 0 bridgehead atoms. The van der Waals surface area contributed by atoms with Crippen molar-refractivity contribution in [2.24, 2.45) is 17.2 Å². The molecule has 10 N–H and O–H groups in total. The van der Waals surface area contributed by atoms with Crippen LogP contribution in [-0.4, -0.2) is 117 Å². The zero-order chi connectivity index (χ0) is 46.5. The van der Waals surface area contributed by atoms with Gasteiger partial charge in [-0.2, -0.15) is 0 Å². The topological polar surface area (TPSA) is 247 Å². The van der Waals surface area contributed by atoms with E-state index in [1.165, 1.54) is 24.0 Å². The van der Waals surface area contributed by atoms with Gasteiger partial charge in [0, 0.05) is 43.2 Å². The normalized spacial score (nSPS) is 18.0. The number of esters is 2. The van der Waals surface area contributed by atoms with Crippen molar-refractivity contribution in [2.75, 3.05) is 26.3 Å². The van der Waals surface area contributed by atoms with Gasteiger partial charge in [0.25, 0.3) is 0 Å². The van der Waals surface area contributed by atoms with E-state index in [1.54, 1.807) is 40.7 Å². The summed E-state index contributed by atoms with van der Waals surface area (Å²) in [6, 6.07) is 8.02. The van der Waals surface area contributed by atoms with E-state index in [4.69, 9.17) is 31.4 Å². The first-order chi connectivity index (χ1) is 29.8. The van der Waals surface area contributed by atoms with Crippen molar-refractivity contribution in [3.63, 3.8) is 0 Å². The summed E-state index contributed by atoms with van der Waals surface area (Å²) in [4.78, 5) is 56.7. The summed E-state index contributed by atoms with van der Waals surface area (Å²) in [5.74, 6) is -3.25. The molecule has 2 unspecified atom stereocenters. The Morgan fingerprint density at radius 1 is 0.968 bits per heavy atom. The highest BCUT2D eigenvalue weighted by Crippen LogP contribution is 2.35. The highest BCUT2D eigenvalue weighted by molar-refractivity contribution is 5.92. The number of halogens is 1. The number of likely N-dealkylation sites (tertiary alicyclic amines) is 1. The van der Waals surface area contributed by atoms with Crippen LogP contribution in [0.2, 0.25) is 0 Å². The van der Waals surface area contributed by atoms with E-state index in [2.05, 4.69) is 10.6 Å². The van der Waals surface area contributed by atoms with E-state index in [-0.39, 0.29) is 25.8 Å². The maximum Gasteiger partial charge on any atom is 0.332 e. The van der Waals surface area contributed by atoms with Crippen molar-refractivity contribution in [3.8, 4) is 0 Å². The van der Waals surface area contributed by atoms with Crippen molar-refractivity contribution in [1.82, 2.24) is 20.1 Å². The molecule has 6 atom stereocenters. The third-order valence-electron chi connectivity index (χ3n) is 11.1.